The number of allylic oxidation sites excluding steroid dienone is 2. The molecule has 2 N–H and O–H groups in total. The predicted molar refractivity (Wildman–Crippen MR) is 79.8 cm³/mol. The van der Waals surface area contributed by atoms with Gasteiger partial charge in [0, 0.05) is 23.8 Å². The molecule has 22 heavy (non-hydrogen) atoms. The van der Waals surface area contributed by atoms with Gasteiger partial charge >= 0.3 is 11.9 Å². The number of ether oxygens (including phenoxy) is 1. The van der Waals surface area contributed by atoms with Crippen LogP contribution in [0.4, 0.5) is 0 Å². The third kappa shape index (κ3) is 2.86. The van der Waals surface area contributed by atoms with Gasteiger partial charge in [-0.25, -0.2) is 9.59 Å². The van der Waals surface area contributed by atoms with Crippen LogP contribution >= 0.6 is 0 Å². The zero-order valence-electron chi connectivity index (χ0n) is 12.7. The fourth-order valence-corrected chi connectivity index (χ4v) is 2.64. The highest BCUT2D eigenvalue weighted by molar-refractivity contribution is 5.99. The number of pyridine rings is 1. The van der Waals surface area contributed by atoms with E-state index in [1.807, 2.05) is 0 Å². The minimum atomic E-state index is -1.08. The molecule has 1 aromatic rings. The Balaban J connectivity index is 2.62. The van der Waals surface area contributed by atoms with E-state index in [1.54, 1.807) is 45.3 Å². The molecule has 0 amide bonds. The number of aromatic nitrogens is 1. The molecule has 6 nitrogen and oxygen atoms in total. The van der Waals surface area contributed by atoms with Crippen molar-refractivity contribution in [2.45, 2.75) is 26.7 Å². The van der Waals surface area contributed by atoms with Gasteiger partial charge < -0.3 is 15.2 Å². The number of carbonyl (C=O) groups excluding carboxylic acids is 1. The lowest BCUT2D eigenvalue weighted by molar-refractivity contribution is -0.138. The second-order valence-corrected chi connectivity index (χ2v) is 4.95. The standard InChI is InChI=1S/C16H18N2O4/c1-4-22-16(21)13-10(3)18-9(2)12(15(19)20)14(13)11-6-5-7-17-8-11/h5-8,14,18H,4H2,1-3H3,(H,19,20). The molecule has 1 atom stereocenters. The first-order chi connectivity index (χ1) is 10.5. The van der Waals surface area contributed by atoms with E-state index in [1.165, 1.54) is 0 Å². The molecule has 0 saturated carbocycles. The van der Waals surface area contributed by atoms with Crippen LogP contribution in [-0.2, 0) is 14.3 Å². The molecule has 0 spiro atoms. The topological polar surface area (TPSA) is 88.5 Å². The smallest absolute Gasteiger partial charge is 0.336 e. The molecular weight excluding hydrogens is 284 g/mol. The molecule has 116 valence electrons. The minimum Gasteiger partial charge on any atom is -0.478 e. The number of hydrogen-bond donors (Lipinski definition) is 2. The number of carbonyl (C=O) groups is 2. The van der Waals surface area contributed by atoms with Crippen LogP contribution in [-0.4, -0.2) is 28.6 Å². The van der Waals surface area contributed by atoms with Gasteiger partial charge in [-0.3, -0.25) is 4.98 Å². The van der Waals surface area contributed by atoms with Gasteiger partial charge in [-0.1, -0.05) is 6.07 Å². The van der Waals surface area contributed by atoms with Gasteiger partial charge in [0.15, 0.2) is 0 Å². The molecule has 1 unspecified atom stereocenters. The number of hydrogen-bond acceptors (Lipinski definition) is 5. The normalized spacial score (nSPS) is 18.0. The van der Waals surface area contributed by atoms with Gasteiger partial charge in [-0.2, -0.15) is 0 Å². The monoisotopic (exact) mass is 302 g/mol. The van der Waals surface area contributed by atoms with Crippen LogP contribution in [0.1, 0.15) is 32.3 Å². The Kier molecular flexibility index (Phi) is 4.60. The number of carboxylic acid groups (broad SMARTS) is 1. The molecule has 2 rings (SSSR count). The average molecular weight is 302 g/mol. The summed E-state index contributed by atoms with van der Waals surface area (Å²) < 4.78 is 5.09. The van der Waals surface area contributed by atoms with Crippen molar-refractivity contribution in [3.63, 3.8) is 0 Å². The van der Waals surface area contributed by atoms with Crippen LogP contribution in [0.25, 0.3) is 0 Å². The van der Waals surface area contributed by atoms with Gasteiger partial charge in [0.1, 0.15) is 0 Å². The molecule has 0 saturated heterocycles. The summed E-state index contributed by atoms with van der Waals surface area (Å²) in [7, 11) is 0. The van der Waals surface area contributed by atoms with Crippen LogP contribution in [0, 0.1) is 0 Å². The summed E-state index contributed by atoms with van der Waals surface area (Å²) in [5, 5.41) is 12.5. The quantitative estimate of drug-likeness (QED) is 0.827. The third-order valence-corrected chi connectivity index (χ3v) is 3.50. The third-order valence-electron chi connectivity index (χ3n) is 3.50. The molecular formula is C16H18N2O4. The highest BCUT2D eigenvalue weighted by Crippen LogP contribution is 2.38. The van der Waals surface area contributed by atoms with E-state index in [2.05, 4.69) is 10.3 Å². The summed E-state index contributed by atoms with van der Waals surface area (Å²) in [6, 6.07) is 3.47. The minimum absolute atomic E-state index is 0.127. The number of nitrogens with one attached hydrogen (secondary N) is 1. The molecule has 1 aromatic heterocycles. The number of rotatable bonds is 4. The number of aliphatic carboxylic acids is 1. The van der Waals surface area contributed by atoms with Crippen molar-refractivity contribution in [3.05, 3.63) is 52.6 Å². The Hall–Kier alpha value is -2.63. The predicted octanol–water partition coefficient (Wildman–Crippen LogP) is 1.96. The zero-order chi connectivity index (χ0) is 16.3. The van der Waals surface area contributed by atoms with Gasteiger partial charge in [0.2, 0.25) is 0 Å². The van der Waals surface area contributed by atoms with Crippen LogP contribution in [0.2, 0.25) is 0 Å². The summed E-state index contributed by atoms with van der Waals surface area (Å²) in [5.41, 5.74) is 2.17. The summed E-state index contributed by atoms with van der Waals surface area (Å²) in [4.78, 5) is 28.0. The Morgan fingerprint density at radius 3 is 2.55 bits per heavy atom. The lowest BCUT2D eigenvalue weighted by Crippen LogP contribution is -2.31. The van der Waals surface area contributed by atoms with Crippen molar-refractivity contribution < 1.29 is 19.4 Å². The second-order valence-electron chi connectivity index (χ2n) is 4.95. The SMILES string of the molecule is CCOC(=O)C1=C(C)NC(C)=C(C(=O)O)C1c1cccnc1. The largest absolute Gasteiger partial charge is 0.478 e. The fourth-order valence-electron chi connectivity index (χ4n) is 2.64. The van der Waals surface area contributed by atoms with E-state index in [9.17, 15) is 14.7 Å². The van der Waals surface area contributed by atoms with Crippen molar-refractivity contribution in [1.82, 2.24) is 10.3 Å². The Labute approximate surface area is 128 Å². The Morgan fingerprint density at radius 1 is 1.32 bits per heavy atom. The number of dihydropyridines is 1. The van der Waals surface area contributed by atoms with Crippen LogP contribution in [0.5, 0.6) is 0 Å². The molecule has 2 heterocycles. The van der Waals surface area contributed by atoms with E-state index in [4.69, 9.17) is 4.74 Å². The fraction of sp³-hybridized carbons (Fsp3) is 0.312. The molecule has 6 heteroatoms. The van der Waals surface area contributed by atoms with Crippen LogP contribution in [0.3, 0.4) is 0 Å². The lowest BCUT2D eigenvalue weighted by Gasteiger charge is -2.29. The highest BCUT2D eigenvalue weighted by atomic mass is 16.5. The Morgan fingerprint density at radius 2 is 2.00 bits per heavy atom. The molecule has 0 aliphatic carbocycles. The molecule has 1 aliphatic heterocycles. The molecule has 0 radical (unpaired) electrons. The van der Waals surface area contributed by atoms with E-state index in [0.717, 1.165) is 0 Å². The van der Waals surface area contributed by atoms with Gasteiger partial charge in [0.05, 0.1) is 23.7 Å². The summed E-state index contributed by atoms with van der Waals surface area (Å²) in [6.07, 6.45) is 3.17. The first-order valence-corrected chi connectivity index (χ1v) is 6.96. The van der Waals surface area contributed by atoms with Crippen molar-refractivity contribution in [3.8, 4) is 0 Å². The van der Waals surface area contributed by atoms with Crippen molar-refractivity contribution >= 4 is 11.9 Å². The summed E-state index contributed by atoms with van der Waals surface area (Å²) >= 11 is 0. The van der Waals surface area contributed by atoms with Crippen LogP contribution < -0.4 is 5.32 Å². The van der Waals surface area contributed by atoms with Gasteiger partial charge in [-0.15, -0.1) is 0 Å². The number of carboxylic acids is 1. The Bertz CT molecular complexity index is 662. The first kappa shape index (κ1) is 15.8. The maximum atomic E-state index is 12.3. The van der Waals surface area contributed by atoms with Crippen molar-refractivity contribution in [2.75, 3.05) is 6.61 Å². The van der Waals surface area contributed by atoms with Gasteiger partial charge in [0.25, 0.3) is 0 Å². The van der Waals surface area contributed by atoms with E-state index >= 15 is 0 Å². The van der Waals surface area contributed by atoms with Crippen molar-refractivity contribution in [1.29, 1.82) is 0 Å². The number of esters is 1. The second kappa shape index (κ2) is 6.43. The maximum Gasteiger partial charge on any atom is 0.336 e. The summed E-state index contributed by atoms with van der Waals surface area (Å²) in [6.45, 7) is 5.35. The average Bonchev–Trinajstić information content (AvgIpc) is 2.47. The van der Waals surface area contributed by atoms with E-state index in [-0.39, 0.29) is 12.2 Å². The highest BCUT2D eigenvalue weighted by Gasteiger charge is 2.37. The van der Waals surface area contributed by atoms with Gasteiger partial charge in [-0.05, 0) is 32.4 Å². The molecule has 0 bridgehead atoms. The maximum absolute atomic E-state index is 12.3. The summed E-state index contributed by atoms with van der Waals surface area (Å²) in [5.74, 6) is -2.30. The number of nitrogens with zero attached hydrogens (tertiary/aromatic N) is 1. The zero-order valence-corrected chi connectivity index (χ0v) is 12.7. The van der Waals surface area contributed by atoms with E-state index in [0.29, 0.717) is 22.5 Å². The molecule has 0 aromatic carbocycles. The van der Waals surface area contributed by atoms with Crippen molar-refractivity contribution in [2.24, 2.45) is 0 Å². The molecule has 0 fully saturated rings. The molecule has 1 aliphatic rings. The first-order valence-electron chi connectivity index (χ1n) is 6.96. The van der Waals surface area contributed by atoms with Crippen LogP contribution in [0.15, 0.2) is 47.1 Å². The van der Waals surface area contributed by atoms with E-state index < -0.39 is 17.9 Å². The lowest BCUT2D eigenvalue weighted by atomic mass is 9.81.